The van der Waals surface area contributed by atoms with Crippen LogP contribution >= 0.6 is 0 Å². The summed E-state index contributed by atoms with van der Waals surface area (Å²) in [5, 5.41) is 9.11. The number of benzene rings is 2. The van der Waals surface area contributed by atoms with Crippen molar-refractivity contribution >= 4 is 17.3 Å². The molecule has 0 unspecified atom stereocenters. The maximum absolute atomic E-state index is 9.11. The van der Waals surface area contributed by atoms with Crippen LogP contribution < -0.4 is 9.03 Å². The number of rotatable bonds is 3. The first kappa shape index (κ1) is 20.3. The first-order valence-electron chi connectivity index (χ1n) is 9.42. The normalized spacial score (nSPS) is 11.9. The van der Waals surface area contributed by atoms with Gasteiger partial charge in [-0.25, -0.2) is 0 Å². The Labute approximate surface area is 171 Å². The summed E-state index contributed by atoms with van der Waals surface area (Å²) < 4.78 is 3.72. The van der Waals surface area contributed by atoms with Crippen molar-refractivity contribution in [1.82, 2.24) is 0 Å². The average Bonchev–Trinajstić information content (AvgIpc) is 2.61. The van der Waals surface area contributed by atoms with Crippen molar-refractivity contribution < 1.29 is 4.57 Å². The number of nitriles is 1. The van der Waals surface area contributed by atoms with Crippen molar-refractivity contribution in [3.05, 3.63) is 70.9 Å². The summed E-state index contributed by atoms with van der Waals surface area (Å²) in [5.41, 5.74) is 9.43. The molecule has 28 heavy (non-hydrogen) atoms. The molecular formula is C25H29N2Se+. The van der Waals surface area contributed by atoms with Crippen LogP contribution in [0, 0.1) is 32.1 Å². The summed E-state index contributed by atoms with van der Waals surface area (Å²) in [6, 6.07) is 17.3. The number of aryl methyl sites for hydroxylation is 4. The molecule has 3 rings (SSSR count). The zero-order valence-electron chi connectivity index (χ0n) is 17.9. The molecule has 0 radical (unpaired) electrons. The quantitative estimate of drug-likeness (QED) is 0.410. The Bertz CT molecular complexity index is 1080. The fourth-order valence-corrected chi connectivity index (χ4v) is 6.01. The molecule has 0 saturated carbocycles. The maximum atomic E-state index is 9.11. The Morgan fingerprint density at radius 2 is 1.50 bits per heavy atom. The van der Waals surface area contributed by atoms with Crippen LogP contribution in [0.2, 0.25) is 17.5 Å². The van der Waals surface area contributed by atoms with Gasteiger partial charge in [0, 0.05) is 0 Å². The second-order valence-electron chi connectivity index (χ2n) is 8.32. The van der Waals surface area contributed by atoms with Crippen molar-refractivity contribution in [1.29, 1.82) is 5.26 Å². The van der Waals surface area contributed by atoms with Crippen molar-refractivity contribution in [2.24, 2.45) is 7.05 Å². The van der Waals surface area contributed by atoms with Gasteiger partial charge in [0.25, 0.3) is 0 Å². The van der Waals surface area contributed by atoms with Gasteiger partial charge in [0.2, 0.25) is 0 Å². The van der Waals surface area contributed by atoms with Crippen LogP contribution in [0.4, 0.5) is 0 Å². The van der Waals surface area contributed by atoms with Crippen LogP contribution in [0.15, 0.2) is 48.7 Å². The molecule has 3 aromatic rings. The Morgan fingerprint density at radius 3 is 2.00 bits per heavy atom. The molecule has 0 bridgehead atoms. The van der Waals surface area contributed by atoms with Crippen LogP contribution in [0.25, 0.3) is 22.4 Å². The molecule has 0 atom stereocenters. The third kappa shape index (κ3) is 3.90. The fourth-order valence-electron chi connectivity index (χ4n) is 3.79. The van der Waals surface area contributed by atoms with Gasteiger partial charge in [-0.1, -0.05) is 0 Å². The topological polar surface area (TPSA) is 27.7 Å². The van der Waals surface area contributed by atoms with Gasteiger partial charge in [-0.3, -0.25) is 0 Å². The number of aromatic nitrogens is 1. The predicted octanol–water partition coefficient (Wildman–Crippen LogP) is 5.19. The van der Waals surface area contributed by atoms with E-state index >= 15 is 0 Å². The summed E-state index contributed by atoms with van der Waals surface area (Å²) in [6.07, 6.45) is 2.22. The van der Waals surface area contributed by atoms with E-state index in [0.29, 0.717) is 5.56 Å². The SMILES string of the molecule is Cc1cc(C#N)ccc1-c1ccc(-c2c(C)cc([Se](C)(C)C)cc2C)c[n+]1C. The zero-order chi connectivity index (χ0) is 20.6. The summed E-state index contributed by atoms with van der Waals surface area (Å²) >= 11 is -1.51. The van der Waals surface area contributed by atoms with Crippen molar-refractivity contribution in [3.8, 4) is 28.5 Å². The number of pyridine rings is 1. The molecule has 1 heterocycles. The van der Waals surface area contributed by atoms with Gasteiger partial charge in [0.05, 0.1) is 6.07 Å². The number of hydrogen-bond donors (Lipinski definition) is 0. The molecule has 0 fully saturated rings. The van der Waals surface area contributed by atoms with E-state index in [-0.39, 0.29) is 0 Å². The van der Waals surface area contributed by atoms with E-state index in [1.54, 1.807) is 0 Å². The van der Waals surface area contributed by atoms with Gasteiger partial charge in [-0.2, -0.15) is 5.26 Å². The Morgan fingerprint density at radius 1 is 0.857 bits per heavy atom. The molecule has 0 aliphatic heterocycles. The standard InChI is InChI=1S/C25H29N2Se/c1-17-12-20(15-26)8-10-23(17)24-11-9-21(16-27(24)4)25-18(2)13-22(14-19(25)3)28(5,6)7/h8-14,16H,1-7H3/q+1. The fraction of sp³-hybridized carbons (Fsp3) is 0.280. The molecule has 144 valence electrons. The van der Waals surface area contributed by atoms with E-state index in [0.717, 1.165) is 16.8 Å². The summed E-state index contributed by atoms with van der Waals surface area (Å²) in [5.74, 6) is 7.25. The van der Waals surface area contributed by atoms with E-state index in [1.165, 1.54) is 26.7 Å². The first-order chi connectivity index (χ1) is 13.1. The Kier molecular flexibility index (Phi) is 5.48. The van der Waals surface area contributed by atoms with Crippen LogP contribution in [0.3, 0.4) is 0 Å². The van der Waals surface area contributed by atoms with Crippen molar-refractivity contribution in [2.75, 3.05) is 0 Å². The van der Waals surface area contributed by atoms with Gasteiger partial charge in [-0.05, 0) is 0 Å². The number of nitrogens with zero attached hydrogens (tertiary/aromatic N) is 2. The van der Waals surface area contributed by atoms with Gasteiger partial charge in [0.15, 0.2) is 0 Å². The van der Waals surface area contributed by atoms with Crippen LogP contribution in [-0.2, 0) is 7.05 Å². The molecular weight excluding hydrogens is 407 g/mol. The van der Waals surface area contributed by atoms with Crippen molar-refractivity contribution in [3.63, 3.8) is 0 Å². The third-order valence-electron chi connectivity index (χ3n) is 5.27. The molecule has 0 spiro atoms. The van der Waals surface area contributed by atoms with E-state index in [1.807, 2.05) is 18.2 Å². The van der Waals surface area contributed by atoms with Gasteiger partial charge >= 0.3 is 160 Å². The van der Waals surface area contributed by atoms with Gasteiger partial charge < -0.3 is 0 Å². The predicted molar refractivity (Wildman–Crippen MR) is 120 cm³/mol. The van der Waals surface area contributed by atoms with E-state index in [9.17, 15) is 0 Å². The molecule has 1 aromatic heterocycles. The molecule has 0 amide bonds. The van der Waals surface area contributed by atoms with Gasteiger partial charge in [0.1, 0.15) is 0 Å². The average molecular weight is 436 g/mol. The molecule has 0 N–H and O–H groups in total. The second kappa shape index (κ2) is 7.55. The van der Waals surface area contributed by atoms with Crippen LogP contribution in [0.5, 0.6) is 0 Å². The van der Waals surface area contributed by atoms with E-state index in [2.05, 4.69) is 86.4 Å². The van der Waals surface area contributed by atoms with Gasteiger partial charge in [-0.15, -0.1) is 0 Å². The summed E-state index contributed by atoms with van der Waals surface area (Å²) in [4.78, 5) is 0. The minimum absolute atomic E-state index is 0.703. The van der Waals surface area contributed by atoms with Crippen LogP contribution in [0.1, 0.15) is 22.3 Å². The minimum atomic E-state index is -1.51. The molecule has 0 aliphatic carbocycles. The molecule has 0 saturated heterocycles. The van der Waals surface area contributed by atoms with E-state index < -0.39 is 12.8 Å². The second-order valence-corrected chi connectivity index (χ2v) is 17.0. The summed E-state index contributed by atoms with van der Waals surface area (Å²) in [6.45, 7) is 6.52. The molecule has 0 aliphatic rings. The van der Waals surface area contributed by atoms with E-state index in [4.69, 9.17) is 5.26 Å². The number of hydrogen-bond acceptors (Lipinski definition) is 1. The van der Waals surface area contributed by atoms with Crippen LogP contribution in [-0.4, -0.2) is 12.8 Å². The first-order valence-corrected chi connectivity index (χ1v) is 15.4. The summed E-state index contributed by atoms with van der Waals surface area (Å²) in [7, 11) is 2.10. The monoisotopic (exact) mass is 437 g/mol. The molecule has 3 heteroatoms. The van der Waals surface area contributed by atoms with Crippen molar-refractivity contribution in [2.45, 2.75) is 38.2 Å². The molecule has 2 nitrogen and oxygen atoms in total. The Hall–Kier alpha value is -2.40. The third-order valence-corrected chi connectivity index (χ3v) is 8.73. The zero-order valence-corrected chi connectivity index (χ0v) is 19.6. The Balaban J connectivity index is 2.08. The molecule has 2 aromatic carbocycles.